The highest BCUT2D eigenvalue weighted by atomic mass is 15.3. The minimum Gasteiger partial charge on any atom is -0.399 e. The lowest BCUT2D eigenvalue weighted by molar-refractivity contribution is 0.615. The van der Waals surface area contributed by atoms with E-state index in [1.165, 1.54) is 5.56 Å². The Morgan fingerprint density at radius 2 is 1.80 bits per heavy atom. The second-order valence-corrected chi connectivity index (χ2v) is 4.85. The number of rotatable bonds is 4. The van der Waals surface area contributed by atoms with E-state index in [2.05, 4.69) is 41.6 Å². The van der Waals surface area contributed by atoms with Crippen molar-refractivity contribution >= 4 is 5.69 Å². The summed E-state index contributed by atoms with van der Waals surface area (Å²) in [6.07, 6.45) is 4.94. The normalized spacial score (nSPS) is 10.6. The molecule has 0 saturated carbocycles. The van der Waals surface area contributed by atoms with Crippen molar-refractivity contribution in [2.24, 2.45) is 0 Å². The van der Waals surface area contributed by atoms with Gasteiger partial charge in [-0.25, -0.2) is 0 Å². The second-order valence-electron chi connectivity index (χ2n) is 4.85. The summed E-state index contributed by atoms with van der Waals surface area (Å²) in [6, 6.07) is 18.3. The van der Waals surface area contributed by atoms with E-state index in [0.29, 0.717) is 0 Å². The van der Waals surface area contributed by atoms with E-state index in [1.807, 2.05) is 35.1 Å². The maximum atomic E-state index is 5.81. The fourth-order valence-corrected chi connectivity index (χ4v) is 2.24. The monoisotopic (exact) mass is 263 g/mol. The van der Waals surface area contributed by atoms with Crippen molar-refractivity contribution in [3.8, 4) is 11.1 Å². The van der Waals surface area contributed by atoms with E-state index in [4.69, 9.17) is 5.73 Å². The third-order valence-electron chi connectivity index (χ3n) is 3.33. The zero-order valence-corrected chi connectivity index (χ0v) is 11.2. The number of hydrogen-bond acceptors (Lipinski definition) is 2. The zero-order valence-electron chi connectivity index (χ0n) is 11.2. The van der Waals surface area contributed by atoms with Crippen LogP contribution in [0.4, 0.5) is 5.69 Å². The van der Waals surface area contributed by atoms with Crippen LogP contribution in [-0.2, 0) is 13.0 Å². The third-order valence-corrected chi connectivity index (χ3v) is 3.33. The molecular formula is C17H17N3. The van der Waals surface area contributed by atoms with Crippen LogP contribution in [-0.4, -0.2) is 9.78 Å². The molecule has 0 fully saturated rings. The topological polar surface area (TPSA) is 43.8 Å². The van der Waals surface area contributed by atoms with Gasteiger partial charge in [-0.05, 0) is 29.7 Å². The summed E-state index contributed by atoms with van der Waals surface area (Å²) >= 11 is 0. The van der Waals surface area contributed by atoms with Gasteiger partial charge in [0.05, 0.1) is 6.20 Å². The summed E-state index contributed by atoms with van der Waals surface area (Å²) in [6.45, 7) is 0.881. The Morgan fingerprint density at radius 3 is 2.60 bits per heavy atom. The second kappa shape index (κ2) is 5.61. The number of aromatic nitrogens is 2. The number of nitrogens with two attached hydrogens (primary N) is 1. The molecular weight excluding hydrogens is 246 g/mol. The summed E-state index contributed by atoms with van der Waals surface area (Å²) in [5.74, 6) is 0. The van der Waals surface area contributed by atoms with Gasteiger partial charge in [-0.2, -0.15) is 5.10 Å². The molecule has 3 rings (SSSR count). The standard InChI is InChI=1S/C17H17N3/c18-17-8-4-7-15(11-17)16-12-19-20(13-16)10-9-14-5-2-1-3-6-14/h1-8,11-13H,9-10,18H2. The summed E-state index contributed by atoms with van der Waals surface area (Å²) in [5, 5.41) is 4.41. The van der Waals surface area contributed by atoms with Crippen molar-refractivity contribution in [2.75, 3.05) is 5.73 Å². The molecule has 2 N–H and O–H groups in total. The smallest absolute Gasteiger partial charge is 0.0568 e. The molecule has 0 atom stereocenters. The Balaban J connectivity index is 1.71. The quantitative estimate of drug-likeness (QED) is 0.733. The SMILES string of the molecule is Nc1cccc(-c2cnn(CCc3ccccc3)c2)c1. The molecule has 100 valence electrons. The number of anilines is 1. The minimum absolute atomic E-state index is 0.777. The lowest BCUT2D eigenvalue weighted by Gasteiger charge is -2.02. The molecule has 0 spiro atoms. The maximum Gasteiger partial charge on any atom is 0.0568 e. The first-order valence-corrected chi connectivity index (χ1v) is 6.73. The van der Waals surface area contributed by atoms with Gasteiger partial charge in [0.15, 0.2) is 0 Å². The van der Waals surface area contributed by atoms with Crippen LogP contribution < -0.4 is 5.73 Å². The van der Waals surface area contributed by atoms with Gasteiger partial charge in [0, 0.05) is 24.0 Å². The Labute approximate surface area is 118 Å². The average Bonchev–Trinajstić information content (AvgIpc) is 2.95. The summed E-state index contributed by atoms with van der Waals surface area (Å²) in [4.78, 5) is 0. The van der Waals surface area contributed by atoms with Crippen molar-refractivity contribution in [3.05, 3.63) is 72.6 Å². The van der Waals surface area contributed by atoms with Gasteiger partial charge < -0.3 is 5.73 Å². The molecule has 3 aromatic rings. The first-order valence-electron chi connectivity index (χ1n) is 6.73. The number of hydrogen-bond donors (Lipinski definition) is 1. The summed E-state index contributed by atoms with van der Waals surface area (Å²) < 4.78 is 1.98. The van der Waals surface area contributed by atoms with Crippen LogP contribution in [0.15, 0.2) is 67.0 Å². The van der Waals surface area contributed by atoms with E-state index in [0.717, 1.165) is 29.8 Å². The zero-order chi connectivity index (χ0) is 13.8. The van der Waals surface area contributed by atoms with E-state index >= 15 is 0 Å². The molecule has 20 heavy (non-hydrogen) atoms. The molecule has 3 nitrogen and oxygen atoms in total. The van der Waals surface area contributed by atoms with Crippen LogP contribution in [0.3, 0.4) is 0 Å². The predicted molar refractivity (Wildman–Crippen MR) is 82.2 cm³/mol. The van der Waals surface area contributed by atoms with Crippen LogP contribution >= 0.6 is 0 Å². The van der Waals surface area contributed by atoms with E-state index in [1.54, 1.807) is 0 Å². The molecule has 1 aromatic heterocycles. The van der Waals surface area contributed by atoms with Gasteiger partial charge in [-0.15, -0.1) is 0 Å². The maximum absolute atomic E-state index is 5.81. The minimum atomic E-state index is 0.777. The van der Waals surface area contributed by atoms with Crippen LogP contribution in [0.5, 0.6) is 0 Å². The summed E-state index contributed by atoms with van der Waals surface area (Å²) in [7, 11) is 0. The van der Waals surface area contributed by atoms with Crippen molar-refractivity contribution in [3.63, 3.8) is 0 Å². The molecule has 3 heteroatoms. The van der Waals surface area contributed by atoms with Crippen molar-refractivity contribution in [1.82, 2.24) is 9.78 Å². The van der Waals surface area contributed by atoms with Gasteiger partial charge in [0.25, 0.3) is 0 Å². The van der Waals surface area contributed by atoms with Gasteiger partial charge in [0.2, 0.25) is 0 Å². The lowest BCUT2D eigenvalue weighted by atomic mass is 10.1. The lowest BCUT2D eigenvalue weighted by Crippen LogP contribution is -2.01. The fraction of sp³-hybridized carbons (Fsp3) is 0.118. The molecule has 2 aromatic carbocycles. The molecule has 0 saturated heterocycles. The van der Waals surface area contributed by atoms with Crippen molar-refractivity contribution in [1.29, 1.82) is 0 Å². The van der Waals surface area contributed by atoms with E-state index in [-0.39, 0.29) is 0 Å². The van der Waals surface area contributed by atoms with Crippen LogP contribution in [0.2, 0.25) is 0 Å². The summed E-state index contributed by atoms with van der Waals surface area (Å²) in [5.41, 5.74) is 10.1. The highest BCUT2D eigenvalue weighted by Crippen LogP contribution is 2.20. The third kappa shape index (κ3) is 2.88. The van der Waals surface area contributed by atoms with Gasteiger partial charge in [-0.3, -0.25) is 4.68 Å². The molecule has 0 aliphatic carbocycles. The van der Waals surface area contributed by atoms with Crippen LogP contribution in [0.1, 0.15) is 5.56 Å². The number of nitrogens with zero attached hydrogens (tertiary/aromatic N) is 2. The Hall–Kier alpha value is -2.55. The van der Waals surface area contributed by atoms with Crippen molar-refractivity contribution < 1.29 is 0 Å². The van der Waals surface area contributed by atoms with Gasteiger partial charge >= 0.3 is 0 Å². The highest BCUT2D eigenvalue weighted by molar-refractivity contribution is 5.65. The largest absolute Gasteiger partial charge is 0.399 e. The first-order chi connectivity index (χ1) is 9.81. The van der Waals surface area contributed by atoms with Crippen LogP contribution in [0, 0.1) is 0 Å². The predicted octanol–water partition coefficient (Wildman–Crippen LogP) is 3.38. The van der Waals surface area contributed by atoms with E-state index < -0.39 is 0 Å². The molecule has 0 unspecified atom stereocenters. The Morgan fingerprint density at radius 1 is 0.950 bits per heavy atom. The molecule has 0 aliphatic heterocycles. The molecule has 0 bridgehead atoms. The van der Waals surface area contributed by atoms with Crippen LogP contribution in [0.25, 0.3) is 11.1 Å². The average molecular weight is 263 g/mol. The molecule has 0 radical (unpaired) electrons. The number of aryl methyl sites for hydroxylation is 2. The Bertz CT molecular complexity index is 686. The number of nitrogen functional groups attached to an aromatic ring is 1. The highest BCUT2D eigenvalue weighted by Gasteiger charge is 2.02. The van der Waals surface area contributed by atoms with Gasteiger partial charge in [-0.1, -0.05) is 42.5 Å². The van der Waals surface area contributed by atoms with Crippen molar-refractivity contribution in [2.45, 2.75) is 13.0 Å². The number of benzene rings is 2. The molecule has 1 heterocycles. The molecule has 0 amide bonds. The molecule has 0 aliphatic rings. The fourth-order valence-electron chi connectivity index (χ4n) is 2.24. The van der Waals surface area contributed by atoms with E-state index in [9.17, 15) is 0 Å². The van der Waals surface area contributed by atoms with Gasteiger partial charge in [0.1, 0.15) is 0 Å². The first kappa shape index (κ1) is 12.5. The Kier molecular flexibility index (Phi) is 3.50.